The van der Waals surface area contributed by atoms with Crippen LogP contribution in [0.5, 0.6) is 0 Å². The zero-order chi connectivity index (χ0) is 14.4. The molecule has 0 atom stereocenters. The third-order valence-corrected chi connectivity index (χ3v) is 3.33. The van der Waals surface area contributed by atoms with E-state index in [0.717, 1.165) is 11.8 Å². The highest BCUT2D eigenvalue weighted by Crippen LogP contribution is 2.26. The van der Waals surface area contributed by atoms with E-state index >= 15 is 0 Å². The molecule has 0 bridgehead atoms. The second kappa shape index (κ2) is 4.56. The van der Waals surface area contributed by atoms with E-state index in [9.17, 15) is 8.78 Å². The molecule has 0 radical (unpaired) electrons. The highest BCUT2D eigenvalue weighted by molar-refractivity contribution is 6.17. The van der Waals surface area contributed by atoms with Crippen molar-refractivity contribution in [2.75, 3.05) is 0 Å². The zero-order valence-corrected chi connectivity index (χ0v) is 11.6. The lowest BCUT2D eigenvalue weighted by atomic mass is 10.3. The minimum absolute atomic E-state index is 0.0874. The molecule has 0 saturated heterocycles. The Morgan fingerprint density at radius 3 is 2.65 bits per heavy atom. The Morgan fingerprint density at radius 2 is 2.05 bits per heavy atom. The fourth-order valence-corrected chi connectivity index (χ4v) is 2.50. The third kappa shape index (κ3) is 1.87. The van der Waals surface area contributed by atoms with Crippen molar-refractivity contribution >= 4 is 22.6 Å². The van der Waals surface area contributed by atoms with Crippen LogP contribution in [0.1, 0.15) is 11.5 Å². The lowest BCUT2D eigenvalue weighted by molar-refractivity contribution is 0.590. The molecular weight excluding hydrogens is 286 g/mol. The van der Waals surface area contributed by atoms with Crippen molar-refractivity contribution in [3.8, 4) is 5.69 Å². The first-order chi connectivity index (χ1) is 9.51. The second-order valence-corrected chi connectivity index (χ2v) is 4.79. The van der Waals surface area contributed by atoms with Crippen LogP contribution in [0.2, 0.25) is 0 Å². The molecule has 0 aliphatic rings. The molecule has 2 heterocycles. The predicted octanol–water partition coefficient (Wildman–Crippen LogP) is 3.08. The van der Waals surface area contributed by atoms with Gasteiger partial charge in [0, 0.05) is 25.4 Å². The van der Waals surface area contributed by atoms with Gasteiger partial charge < -0.3 is 0 Å². The van der Waals surface area contributed by atoms with Crippen molar-refractivity contribution in [2.45, 2.75) is 12.8 Å². The smallest absolute Gasteiger partial charge is 0.153 e. The summed E-state index contributed by atoms with van der Waals surface area (Å²) >= 11 is 5.88. The van der Waals surface area contributed by atoms with Crippen LogP contribution in [0.25, 0.3) is 16.7 Å². The highest BCUT2D eigenvalue weighted by Gasteiger charge is 2.18. The molecule has 2 aromatic heterocycles. The minimum atomic E-state index is -0.702. The number of benzene rings is 1. The standard InChI is InChI=1S/C13H11ClF2N4/c1-7-11(6-19(2)18-7)20-10-4-8(15)3-9(16)13(10)17-12(20)5-14/h3-4,6H,5H2,1-2H3. The van der Waals surface area contributed by atoms with E-state index < -0.39 is 11.6 Å². The van der Waals surface area contributed by atoms with Crippen molar-refractivity contribution < 1.29 is 8.78 Å². The summed E-state index contributed by atoms with van der Waals surface area (Å²) in [5.41, 5.74) is 1.87. The van der Waals surface area contributed by atoms with E-state index in [1.165, 1.54) is 6.07 Å². The average molecular weight is 297 g/mol. The van der Waals surface area contributed by atoms with Gasteiger partial charge in [-0.2, -0.15) is 5.10 Å². The van der Waals surface area contributed by atoms with Gasteiger partial charge in [0.05, 0.1) is 22.8 Å². The van der Waals surface area contributed by atoms with Crippen LogP contribution in [0, 0.1) is 18.6 Å². The van der Waals surface area contributed by atoms with E-state index in [0.29, 0.717) is 17.0 Å². The van der Waals surface area contributed by atoms with Gasteiger partial charge in [-0.25, -0.2) is 13.8 Å². The summed E-state index contributed by atoms with van der Waals surface area (Å²) in [6, 6.07) is 2.06. The summed E-state index contributed by atoms with van der Waals surface area (Å²) in [5, 5.41) is 4.23. The predicted molar refractivity (Wildman–Crippen MR) is 72.0 cm³/mol. The van der Waals surface area contributed by atoms with Crippen molar-refractivity contribution in [3.63, 3.8) is 0 Å². The molecule has 104 valence electrons. The number of hydrogen-bond acceptors (Lipinski definition) is 2. The zero-order valence-electron chi connectivity index (χ0n) is 10.9. The molecule has 0 saturated carbocycles. The first kappa shape index (κ1) is 13.1. The quantitative estimate of drug-likeness (QED) is 0.681. The normalized spacial score (nSPS) is 11.4. The van der Waals surface area contributed by atoms with Gasteiger partial charge in [0.2, 0.25) is 0 Å². The number of rotatable bonds is 2. The molecule has 0 spiro atoms. The SMILES string of the molecule is Cc1nn(C)cc1-n1c(CCl)nc2c(F)cc(F)cc21. The van der Waals surface area contributed by atoms with Crippen LogP contribution in [0.4, 0.5) is 8.78 Å². The molecule has 0 aliphatic heterocycles. The fraction of sp³-hybridized carbons (Fsp3) is 0.231. The molecule has 20 heavy (non-hydrogen) atoms. The molecule has 3 aromatic rings. The van der Waals surface area contributed by atoms with Gasteiger partial charge in [0.25, 0.3) is 0 Å². The van der Waals surface area contributed by atoms with E-state index in [4.69, 9.17) is 11.6 Å². The first-order valence-electron chi connectivity index (χ1n) is 5.94. The lowest BCUT2D eigenvalue weighted by Crippen LogP contribution is -2.00. The number of halogens is 3. The number of nitrogens with zero attached hydrogens (tertiary/aromatic N) is 4. The number of fused-ring (bicyclic) bond motifs is 1. The van der Waals surface area contributed by atoms with Crippen LogP contribution in [-0.2, 0) is 12.9 Å². The monoisotopic (exact) mass is 296 g/mol. The van der Waals surface area contributed by atoms with Gasteiger partial charge >= 0.3 is 0 Å². The van der Waals surface area contributed by atoms with Gasteiger partial charge in [0.1, 0.15) is 17.2 Å². The van der Waals surface area contributed by atoms with Crippen molar-refractivity contribution in [1.29, 1.82) is 0 Å². The van der Waals surface area contributed by atoms with Gasteiger partial charge in [-0.3, -0.25) is 9.25 Å². The largest absolute Gasteiger partial charge is 0.292 e. The van der Waals surface area contributed by atoms with Crippen molar-refractivity contribution in [3.05, 3.63) is 41.5 Å². The van der Waals surface area contributed by atoms with Crippen molar-refractivity contribution in [1.82, 2.24) is 19.3 Å². The Balaban J connectivity index is 2.41. The van der Waals surface area contributed by atoms with Gasteiger partial charge in [-0.1, -0.05) is 0 Å². The van der Waals surface area contributed by atoms with E-state index in [-0.39, 0.29) is 11.4 Å². The average Bonchev–Trinajstić information content (AvgIpc) is 2.89. The van der Waals surface area contributed by atoms with Crippen LogP contribution in [0.3, 0.4) is 0 Å². The molecule has 1 aromatic carbocycles. The number of imidazole rings is 1. The Labute approximate surface area is 118 Å². The topological polar surface area (TPSA) is 35.6 Å². The minimum Gasteiger partial charge on any atom is -0.292 e. The van der Waals surface area contributed by atoms with E-state index in [1.807, 2.05) is 6.92 Å². The molecule has 3 rings (SSSR count). The Bertz CT molecular complexity index is 806. The number of aromatic nitrogens is 4. The molecule has 0 amide bonds. The molecule has 0 fully saturated rings. The Morgan fingerprint density at radius 1 is 1.30 bits per heavy atom. The van der Waals surface area contributed by atoms with Gasteiger partial charge in [0.15, 0.2) is 5.82 Å². The maximum atomic E-state index is 13.8. The van der Waals surface area contributed by atoms with E-state index in [2.05, 4.69) is 10.1 Å². The van der Waals surface area contributed by atoms with Crippen LogP contribution in [-0.4, -0.2) is 19.3 Å². The fourth-order valence-electron chi connectivity index (χ4n) is 2.32. The van der Waals surface area contributed by atoms with E-state index in [1.54, 1.807) is 22.5 Å². The summed E-state index contributed by atoms with van der Waals surface area (Å²) in [6.45, 7) is 1.81. The molecular formula is C13H11ClF2N4. The molecule has 0 N–H and O–H groups in total. The highest BCUT2D eigenvalue weighted by atomic mass is 35.5. The number of aryl methyl sites for hydroxylation is 2. The summed E-state index contributed by atoms with van der Waals surface area (Å²) in [5.74, 6) is -0.822. The summed E-state index contributed by atoms with van der Waals surface area (Å²) in [4.78, 5) is 4.15. The number of hydrogen-bond donors (Lipinski definition) is 0. The molecule has 0 aliphatic carbocycles. The second-order valence-electron chi connectivity index (χ2n) is 4.53. The van der Waals surface area contributed by atoms with Gasteiger partial charge in [-0.05, 0) is 6.92 Å². The third-order valence-electron chi connectivity index (χ3n) is 3.10. The van der Waals surface area contributed by atoms with Crippen LogP contribution >= 0.6 is 11.6 Å². The Hall–Kier alpha value is -1.95. The number of alkyl halides is 1. The van der Waals surface area contributed by atoms with Crippen LogP contribution in [0.15, 0.2) is 18.3 Å². The first-order valence-corrected chi connectivity index (χ1v) is 6.47. The Kier molecular flexibility index (Phi) is 2.97. The van der Waals surface area contributed by atoms with Crippen molar-refractivity contribution in [2.24, 2.45) is 7.05 Å². The maximum Gasteiger partial charge on any atom is 0.153 e. The lowest BCUT2D eigenvalue weighted by Gasteiger charge is -2.05. The summed E-state index contributed by atoms with van der Waals surface area (Å²) in [7, 11) is 1.77. The van der Waals surface area contributed by atoms with Crippen LogP contribution < -0.4 is 0 Å². The summed E-state index contributed by atoms with van der Waals surface area (Å²) < 4.78 is 30.6. The molecule has 7 heteroatoms. The maximum absolute atomic E-state index is 13.8. The molecule has 4 nitrogen and oxygen atoms in total. The molecule has 0 unspecified atom stereocenters. The van der Waals surface area contributed by atoms with Gasteiger partial charge in [-0.15, -0.1) is 11.6 Å². The summed E-state index contributed by atoms with van der Waals surface area (Å²) in [6.07, 6.45) is 1.76.